The Morgan fingerprint density at radius 3 is 2.71 bits per heavy atom. The summed E-state index contributed by atoms with van der Waals surface area (Å²) in [6.07, 6.45) is 3.06. The summed E-state index contributed by atoms with van der Waals surface area (Å²) in [5.74, 6) is 0.711. The molecule has 1 saturated carbocycles. The summed E-state index contributed by atoms with van der Waals surface area (Å²) in [4.78, 5) is 14.9. The van der Waals surface area contributed by atoms with E-state index in [0.717, 1.165) is 24.9 Å². The van der Waals surface area contributed by atoms with E-state index in [-0.39, 0.29) is 11.4 Å². The highest BCUT2D eigenvalue weighted by Crippen LogP contribution is 2.43. The van der Waals surface area contributed by atoms with Gasteiger partial charge in [0.2, 0.25) is 5.91 Å². The number of para-hydroxylation sites is 1. The van der Waals surface area contributed by atoms with Crippen LogP contribution in [0, 0.1) is 17.2 Å². The molecule has 1 aliphatic heterocycles. The molecule has 3 rings (SSSR count). The van der Waals surface area contributed by atoms with E-state index in [1.54, 1.807) is 0 Å². The average Bonchev–Trinajstić information content (AvgIpc) is 3.36. The van der Waals surface area contributed by atoms with Gasteiger partial charge in [-0.05, 0) is 63.5 Å². The van der Waals surface area contributed by atoms with Crippen molar-refractivity contribution in [1.82, 2.24) is 5.32 Å². The van der Waals surface area contributed by atoms with Crippen LogP contribution in [0.15, 0.2) is 24.3 Å². The Morgan fingerprint density at radius 1 is 1.42 bits per heavy atom. The van der Waals surface area contributed by atoms with Gasteiger partial charge < -0.3 is 10.2 Å². The second kappa shape index (κ2) is 5.81. The molecule has 0 aromatic heterocycles. The maximum absolute atomic E-state index is 12.7. The summed E-state index contributed by atoms with van der Waals surface area (Å²) >= 11 is 0. The lowest BCUT2D eigenvalue weighted by molar-refractivity contribution is -0.121. The Kier molecular flexibility index (Phi) is 4.07. The average molecular weight is 325 g/mol. The summed E-state index contributed by atoms with van der Waals surface area (Å²) < 4.78 is 0. The number of rotatable bonds is 4. The van der Waals surface area contributed by atoms with Gasteiger partial charge in [0, 0.05) is 11.2 Å². The highest BCUT2D eigenvalue weighted by molar-refractivity contribution is 5.83. The standard InChI is InChI=1S/C20H27N3O/c1-14-11-19(2,3)23(17-8-6-5-7-16(14)17)12-18(24)22-20(4,13-21)15-9-10-15/h5-8,14-15H,9-12H2,1-4H3,(H,22,24)/t14-,20+/m1/s1. The summed E-state index contributed by atoms with van der Waals surface area (Å²) in [6.45, 7) is 8.77. The number of nitrogens with one attached hydrogen (secondary N) is 1. The minimum atomic E-state index is -0.732. The first-order valence-corrected chi connectivity index (χ1v) is 8.86. The number of hydrogen-bond donors (Lipinski definition) is 1. The lowest BCUT2D eigenvalue weighted by atomic mass is 9.80. The molecule has 0 unspecified atom stereocenters. The van der Waals surface area contributed by atoms with Gasteiger partial charge in [0.05, 0.1) is 12.6 Å². The number of carbonyl (C=O) groups is 1. The fourth-order valence-electron chi connectivity index (χ4n) is 4.10. The Balaban J connectivity index is 1.82. The summed E-state index contributed by atoms with van der Waals surface area (Å²) in [7, 11) is 0. The molecule has 1 fully saturated rings. The molecule has 1 amide bonds. The van der Waals surface area contributed by atoms with E-state index in [0.29, 0.717) is 18.4 Å². The molecule has 0 radical (unpaired) electrons. The largest absolute Gasteiger partial charge is 0.357 e. The second-order valence-electron chi connectivity index (χ2n) is 8.20. The topological polar surface area (TPSA) is 56.1 Å². The summed E-state index contributed by atoms with van der Waals surface area (Å²) in [5.41, 5.74) is 1.62. The number of amides is 1. The molecule has 2 aliphatic rings. The zero-order valence-electron chi connectivity index (χ0n) is 15.1. The molecule has 4 heteroatoms. The first kappa shape index (κ1) is 16.8. The quantitative estimate of drug-likeness (QED) is 0.920. The first-order chi connectivity index (χ1) is 11.3. The lowest BCUT2D eigenvalue weighted by Crippen LogP contribution is -2.55. The molecule has 1 aliphatic carbocycles. The first-order valence-electron chi connectivity index (χ1n) is 8.86. The number of nitriles is 1. The van der Waals surface area contributed by atoms with E-state index in [9.17, 15) is 10.1 Å². The van der Waals surface area contributed by atoms with Crippen molar-refractivity contribution in [3.8, 4) is 6.07 Å². The van der Waals surface area contributed by atoms with Gasteiger partial charge >= 0.3 is 0 Å². The van der Waals surface area contributed by atoms with Gasteiger partial charge in [0.25, 0.3) is 0 Å². The van der Waals surface area contributed by atoms with Gasteiger partial charge in [0.15, 0.2) is 0 Å². The van der Waals surface area contributed by atoms with Gasteiger partial charge in [-0.25, -0.2) is 0 Å². The molecule has 128 valence electrons. The molecular weight excluding hydrogens is 298 g/mol. The Bertz CT molecular complexity index is 686. The zero-order chi connectivity index (χ0) is 17.5. The van der Waals surface area contributed by atoms with Crippen LogP contribution in [0.1, 0.15) is 58.4 Å². The third-order valence-corrected chi connectivity index (χ3v) is 5.62. The zero-order valence-corrected chi connectivity index (χ0v) is 15.1. The van der Waals surface area contributed by atoms with E-state index in [2.05, 4.69) is 55.3 Å². The molecule has 0 spiro atoms. The van der Waals surface area contributed by atoms with Gasteiger partial charge in [-0.2, -0.15) is 5.26 Å². The molecular formula is C20H27N3O. The number of anilines is 1. The van der Waals surface area contributed by atoms with E-state index in [1.165, 1.54) is 5.56 Å². The second-order valence-corrected chi connectivity index (χ2v) is 8.20. The predicted octanol–water partition coefficient (Wildman–Crippen LogP) is 3.59. The highest BCUT2D eigenvalue weighted by atomic mass is 16.2. The molecule has 2 atom stereocenters. The predicted molar refractivity (Wildman–Crippen MR) is 95.8 cm³/mol. The smallest absolute Gasteiger partial charge is 0.240 e. The van der Waals surface area contributed by atoms with Crippen molar-refractivity contribution in [2.45, 2.75) is 64.0 Å². The van der Waals surface area contributed by atoms with Crippen LogP contribution in [-0.4, -0.2) is 23.5 Å². The number of hydrogen-bond acceptors (Lipinski definition) is 3. The van der Waals surface area contributed by atoms with Crippen LogP contribution in [0.3, 0.4) is 0 Å². The van der Waals surface area contributed by atoms with Crippen LogP contribution < -0.4 is 10.2 Å². The van der Waals surface area contributed by atoms with E-state index in [1.807, 2.05) is 13.0 Å². The van der Waals surface area contributed by atoms with Gasteiger partial charge in [-0.3, -0.25) is 4.79 Å². The van der Waals surface area contributed by atoms with Crippen molar-refractivity contribution in [2.75, 3.05) is 11.4 Å². The molecule has 0 bridgehead atoms. The molecule has 4 nitrogen and oxygen atoms in total. The van der Waals surface area contributed by atoms with E-state index >= 15 is 0 Å². The Morgan fingerprint density at radius 2 is 2.08 bits per heavy atom. The number of carbonyl (C=O) groups excluding carboxylic acids is 1. The number of benzene rings is 1. The van der Waals surface area contributed by atoms with Gasteiger partial charge in [-0.15, -0.1) is 0 Å². The van der Waals surface area contributed by atoms with Crippen molar-refractivity contribution in [1.29, 1.82) is 5.26 Å². The summed E-state index contributed by atoms with van der Waals surface area (Å²) in [6, 6.07) is 10.7. The normalized spacial score (nSPS) is 24.5. The highest BCUT2D eigenvalue weighted by Gasteiger charge is 2.44. The lowest BCUT2D eigenvalue weighted by Gasteiger charge is -2.47. The molecule has 0 saturated heterocycles. The van der Waals surface area contributed by atoms with Gasteiger partial charge in [0.1, 0.15) is 5.54 Å². The van der Waals surface area contributed by atoms with Crippen LogP contribution in [-0.2, 0) is 4.79 Å². The summed E-state index contributed by atoms with van der Waals surface area (Å²) in [5, 5.41) is 12.5. The van der Waals surface area contributed by atoms with Crippen LogP contribution in [0.2, 0.25) is 0 Å². The fraction of sp³-hybridized carbons (Fsp3) is 0.600. The Labute approximate surface area is 144 Å². The minimum Gasteiger partial charge on any atom is -0.357 e. The van der Waals surface area contributed by atoms with Crippen molar-refractivity contribution in [3.63, 3.8) is 0 Å². The SMILES string of the molecule is C[C@@H]1CC(C)(C)N(CC(=O)N[C@@](C)(C#N)C2CC2)c2ccccc21. The van der Waals surface area contributed by atoms with E-state index in [4.69, 9.17) is 0 Å². The Hall–Kier alpha value is -2.02. The molecule has 1 aromatic rings. The monoisotopic (exact) mass is 325 g/mol. The van der Waals surface area contributed by atoms with Crippen LogP contribution in [0.4, 0.5) is 5.69 Å². The molecule has 24 heavy (non-hydrogen) atoms. The van der Waals surface area contributed by atoms with Crippen molar-refractivity contribution in [3.05, 3.63) is 29.8 Å². The third kappa shape index (κ3) is 3.00. The van der Waals surface area contributed by atoms with E-state index < -0.39 is 5.54 Å². The van der Waals surface area contributed by atoms with Crippen molar-refractivity contribution in [2.24, 2.45) is 5.92 Å². The van der Waals surface area contributed by atoms with Crippen LogP contribution in [0.25, 0.3) is 0 Å². The fourth-order valence-corrected chi connectivity index (χ4v) is 4.10. The van der Waals surface area contributed by atoms with Crippen molar-refractivity contribution < 1.29 is 4.79 Å². The third-order valence-electron chi connectivity index (χ3n) is 5.62. The minimum absolute atomic E-state index is 0.0663. The molecule has 1 N–H and O–H groups in total. The number of fused-ring (bicyclic) bond motifs is 1. The van der Waals surface area contributed by atoms with Crippen LogP contribution in [0.5, 0.6) is 0 Å². The molecule has 1 heterocycles. The van der Waals surface area contributed by atoms with Crippen LogP contribution >= 0.6 is 0 Å². The number of nitrogens with zero attached hydrogens (tertiary/aromatic N) is 2. The maximum Gasteiger partial charge on any atom is 0.240 e. The molecule has 1 aromatic carbocycles. The maximum atomic E-state index is 12.7. The van der Waals surface area contributed by atoms with Crippen molar-refractivity contribution >= 4 is 11.6 Å². The van der Waals surface area contributed by atoms with Gasteiger partial charge in [-0.1, -0.05) is 25.1 Å².